The fraction of sp³-hybridized carbons (Fsp3) is 0.364. The lowest BCUT2D eigenvalue weighted by Gasteiger charge is -2.13. The van der Waals surface area contributed by atoms with Crippen LogP contribution >= 0.6 is 0 Å². The molecular weight excluding hydrogens is 218 g/mol. The van der Waals surface area contributed by atoms with Gasteiger partial charge in [0.25, 0.3) is 5.91 Å². The van der Waals surface area contributed by atoms with Gasteiger partial charge in [-0.2, -0.15) is 5.10 Å². The first-order chi connectivity index (χ1) is 8.16. The third-order valence-corrected chi connectivity index (χ3v) is 2.50. The Morgan fingerprint density at radius 2 is 2.47 bits per heavy atom. The van der Waals surface area contributed by atoms with E-state index in [4.69, 9.17) is 0 Å². The highest BCUT2D eigenvalue weighted by molar-refractivity contribution is 5.95. The molecule has 6 nitrogen and oxygen atoms in total. The van der Waals surface area contributed by atoms with Crippen molar-refractivity contribution >= 4 is 5.91 Å². The van der Waals surface area contributed by atoms with Gasteiger partial charge < -0.3 is 9.88 Å². The molecule has 6 heteroatoms. The van der Waals surface area contributed by atoms with E-state index in [0.29, 0.717) is 12.1 Å². The number of H-pyrrole nitrogens is 1. The van der Waals surface area contributed by atoms with E-state index in [1.165, 1.54) is 6.20 Å². The van der Waals surface area contributed by atoms with Crippen molar-refractivity contribution in [1.29, 1.82) is 0 Å². The van der Waals surface area contributed by atoms with Gasteiger partial charge in [0.1, 0.15) is 0 Å². The molecule has 2 aromatic rings. The zero-order chi connectivity index (χ0) is 12.3. The zero-order valence-electron chi connectivity index (χ0n) is 9.84. The van der Waals surface area contributed by atoms with Gasteiger partial charge in [0.2, 0.25) is 0 Å². The molecular formula is C11H15N5O. The Bertz CT molecular complexity index is 488. The van der Waals surface area contributed by atoms with Crippen LogP contribution in [0.5, 0.6) is 0 Å². The molecule has 0 aromatic carbocycles. The molecule has 0 aliphatic carbocycles. The SMILES string of the molecule is Cc1[nH]ncc1C(=O)NC(C)Cn1ccnc1. The van der Waals surface area contributed by atoms with Crippen molar-refractivity contribution in [1.82, 2.24) is 25.1 Å². The Hall–Kier alpha value is -2.11. The van der Waals surface area contributed by atoms with Crippen molar-refractivity contribution in [2.45, 2.75) is 26.4 Å². The first kappa shape index (κ1) is 11.4. The zero-order valence-corrected chi connectivity index (χ0v) is 9.84. The molecule has 0 aliphatic rings. The number of nitrogens with zero attached hydrogens (tertiary/aromatic N) is 3. The standard InChI is InChI=1S/C11H15N5O/c1-8(6-16-4-3-12-7-16)14-11(17)10-5-13-15-9(10)2/h3-5,7-8H,6H2,1-2H3,(H,13,15)(H,14,17). The lowest BCUT2D eigenvalue weighted by Crippen LogP contribution is -2.35. The van der Waals surface area contributed by atoms with Gasteiger partial charge in [0.15, 0.2) is 0 Å². The van der Waals surface area contributed by atoms with Crippen molar-refractivity contribution < 1.29 is 4.79 Å². The molecule has 1 amide bonds. The largest absolute Gasteiger partial charge is 0.348 e. The van der Waals surface area contributed by atoms with Crippen LogP contribution in [0.1, 0.15) is 23.0 Å². The van der Waals surface area contributed by atoms with E-state index in [9.17, 15) is 4.79 Å². The van der Waals surface area contributed by atoms with Gasteiger partial charge in [-0.15, -0.1) is 0 Å². The molecule has 90 valence electrons. The molecule has 0 saturated carbocycles. The first-order valence-electron chi connectivity index (χ1n) is 5.43. The second kappa shape index (κ2) is 4.82. The van der Waals surface area contributed by atoms with Crippen LogP contribution in [-0.2, 0) is 6.54 Å². The van der Waals surface area contributed by atoms with Crippen LogP contribution in [0.3, 0.4) is 0 Å². The molecule has 2 rings (SSSR count). The van der Waals surface area contributed by atoms with Crippen LogP contribution in [0.4, 0.5) is 0 Å². The Balaban J connectivity index is 1.93. The van der Waals surface area contributed by atoms with Crippen LogP contribution in [0.25, 0.3) is 0 Å². The third kappa shape index (κ3) is 2.72. The lowest BCUT2D eigenvalue weighted by molar-refractivity contribution is 0.0936. The van der Waals surface area contributed by atoms with Crippen molar-refractivity contribution in [2.24, 2.45) is 0 Å². The second-order valence-electron chi connectivity index (χ2n) is 4.04. The molecule has 0 radical (unpaired) electrons. The summed E-state index contributed by atoms with van der Waals surface area (Å²) in [5, 5.41) is 9.48. The minimum absolute atomic E-state index is 0.0333. The van der Waals surface area contributed by atoms with Gasteiger partial charge in [0, 0.05) is 30.7 Å². The Morgan fingerprint density at radius 3 is 3.06 bits per heavy atom. The molecule has 0 spiro atoms. The molecule has 2 aromatic heterocycles. The number of amides is 1. The molecule has 17 heavy (non-hydrogen) atoms. The van der Waals surface area contributed by atoms with E-state index in [2.05, 4.69) is 20.5 Å². The number of rotatable bonds is 4. The molecule has 0 saturated heterocycles. The van der Waals surface area contributed by atoms with E-state index >= 15 is 0 Å². The lowest BCUT2D eigenvalue weighted by atomic mass is 10.2. The van der Waals surface area contributed by atoms with Crippen molar-refractivity contribution in [2.75, 3.05) is 0 Å². The summed E-state index contributed by atoms with van der Waals surface area (Å²) in [7, 11) is 0. The maximum atomic E-state index is 11.9. The van der Waals surface area contributed by atoms with Crippen LogP contribution in [0, 0.1) is 6.92 Å². The number of nitrogens with one attached hydrogen (secondary N) is 2. The highest BCUT2D eigenvalue weighted by Crippen LogP contribution is 2.03. The quantitative estimate of drug-likeness (QED) is 0.817. The fourth-order valence-corrected chi connectivity index (χ4v) is 1.64. The maximum Gasteiger partial charge on any atom is 0.255 e. The number of aromatic nitrogens is 4. The fourth-order valence-electron chi connectivity index (χ4n) is 1.64. The number of hydrogen-bond acceptors (Lipinski definition) is 3. The smallest absolute Gasteiger partial charge is 0.255 e. The highest BCUT2D eigenvalue weighted by Gasteiger charge is 2.13. The minimum atomic E-state index is -0.108. The predicted molar refractivity (Wildman–Crippen MR) is 62.5 cm³/mol. The van der Waals surface area contributed by atoms with Crippen LogP contribution in [0.15, 0.2) is 24.9 Å². The summed E-state index contributed by atoms with van der Waals surface area (Å²) in [4.78, 5) is 15.8. The molecule has 2 heterocycles. The van der Waals surface area contributed by atoms with Crippen molar-refractivity contribution in [3.8, 4) is 0 Å². The molecule has 1 atom stereocenters. The van der Waals surface area contributed by atoms with Crippen molar-refractivity contribution in [3.05, 3.63) is 36.2 Å². The van der Waals surface area contributed by atoms with E-state index in [1.807, 2.05) is 24.6 Å². The third-order valence-electron chi connectivity index (χ3n) is 2.50. The van der Waals surface area contributed by atoms with Gasteiger partial charge in [-0.05, 0) is 13.8 Å². The topological polar surface area (TPSA) is 75.6 Å². The minimum Gasteiger partial charge on any atom is -0.348 e. The highest BCUT2D eigenvalue weighted by atomic mass is 16.1. The normalized spacial score (nSPS) is 12.4. The molecule has 1 unspecified atom stereocenters. The Kier molecular flexibility index (Phi) is 3.22. The molecule has 2 N–H and O–H groups in total. The van der Waals surface area contributed by atoms with Gasteiger partial charge in [-0.1, -0.05) is 0 Å². The summed E-state index contributed by atoms with van der Waals surface area (Å²) in [6, 6.07) is 0.0333. The summed E-state index contributed by atoms with van der Waals surface area (Å²) in [5.74, 6) is -0.108. The Labute approximate surface area is 99.1 Å². The number of aryl methyl sites for hydroxylation is 1. The van der Waals surface area contributed by atoms with E-state index in [0.717, 1.165) is 5.69 Å². The van der Waals surface area contributed by atoms with E-state index < -0.39 is 0 Å². The van der Waals surface area contributed by atoms with Crippen molar-refractivity contribution in [3.63, 3.8) is 0 Å². The van der Waals surface area contributed by atoms with Crippen LogP contribution in [0.2, 0.25) is 0 Å². The van der Waals surface area contributed by atoms with E-state index in [1.54, 1.807) is 12.5 Å². The molecule has 0 aliphatic heterocycles. The van der Waals surface area contributed by atoms with Gasteiger partial charge >= 0.3 is 0 Å². The molecule has 0 bridgehead atoms. The average molecular weight is 233 g/mol. The summed E-state index contributed by atoms with van der Waals surface area (Å²) in [6.07, 6.45) is 6.85. The van der Waals surface area contributed by atoms with Crippen LogP contribution in [-0.4, -0.2) is 31.7 Å². The van der Waals surface area contributed by atoms with E-state index in [-0.39, 0.29) is 11.9 Å². The van der Waals surface area contributed by atoms with Gasteiger partial charge in [-0.3, -0.25) is 9.89 Å². The number of aromatic amines is 1. The predicted octanol–water partition coefficient (Wildman–Crippen LogP) is 0.733. The molecule has 0 fully saturated rings. The van der Waals surface area contributed by atoms with Gasteiger partial charge in [-0.25, -0.2) is 4.98 Å². The second-order valence-corrected chi connectivity index (χ2v) is 4.04. The summed E-state index contributed by atoms with van der Waals surface area (Å²) >= 11 is 0. The summed E-state index contributed by atoms with van der Waals surface area (Å²) in [6.45, 7) is 4.47. The maximum absolute atomic E-state index is 11.9. The first-order valence-corrected chi connectivity index (χ1v) is 5.43. The number of hydrogen-bond donors (Lipinski definition) is 2. The van der Waals surface area contributed by atoms with Gasteiger partial charge in [0.05, 0.1) is 18.1 Å². The Morgan fingerprint density at radius 1 is 1.65 bits per heavy atom. The summed E-state index contributed by atoms with van der Waals surface area (Å²) < 4.78 is 1.92. The monoisotopic (exact) mass is 233 g/mol. The number of carbonyl (C=O) groups excluding carboxylic acids is 1. The van der Waals surface area contributed by atoms with Crippen LogP contribution < -0.4 is 5.32 Å². The number of imidazole rings is 1. The number of carbonyl (C=O) groups is 1. The average Bonchev–Trinajstić information content (AvgIpc) is 2.88. The summed E-state index contributed by atoms with van der Waals surface area (Å²) in [5.41, 5.74) is 1.36.